The van der Waals surface area contributed by atoms with E-state index in [4.69, 9.17) is 9.47 Å². The van der Waals surface area contributed by atoms with E-state index in [1.807, 2.05) is 13.0 Å². The fraction of sp³-hybridized carbons (Fsp3) is 0.188. The van der Waals surface area contributed by atoms with Crippen molar-refractivity contribution in [3.63, 3.8) is 0 Å². The molecule has 0 aliphatic rings. The molecule has 0 spiro atoms. The maximum absolute atomic E-state index is 12.1. The molecular weight excluding hydrogens is 443 g/mol. The van der Waals surface area contributed by atoms with Crippen molar-refractivity contribution in [2.45, 2.75) is 11.8 Å². The zero-order valence-corrected chi connectivity index (χ0v) is 16.2. The Balaban J connectivity index is 2.20. The molecule has 2 rings (SSSR count). The minimum absolute atomic E-state index is 0.154. The molecule has 0 amide bonds. The fourth-order valence-electron chi connectivity index (χ4n) is 1.95. The van der Waals surface area contributed by atoms with E-state index >= 15 is 0 Å². The van der Waals surface area contributed by atoms with Crippen molar-refractivity contribution in [2.24, 2.45) is 5.10 Å². The van der Waals surface area contributed by atoms with E-state index in [2.05, 4.69) is 32.5 Å². The molecule has 1 N–H and O–H groups in total. The van der Waals surface area contributed by atoms with Crippen LogP contribution in [0.3, 0.4) is 0 Å². The molecule has 0 unspecified atom stereocenters. The monoisotopic (exact) mass is 460 g/mol. The molecule has 0 saturated heterocycles. The molecule has 0 aliphatic heterocycles. The molecular formula is C16H17IN2O4S. The average Bonchev–Trinajstić information content (AvgIpc) is 2.56. The number of hydrogen-bond donors (Lipinski definition) is 1. The van der Waals surface area contributed by atoms with Gasteiger partial charge < -0.3 is 9.47 Å². The first-order chi connectivity index (χ1) is 11.5. The molecule has 0 bridgehead atoms. The number of hydrazone groups is 1. The maximum atomic E-state index is 12.1. The van der Waals surface area contributed by atoms with Gasteiger partial charge in [-0.25, -0.2) is 4.83 Å². The van der Waals surface area contributed by atoms with E-state index in [1.165, 1.54) is 18.3 Å². The Bertz CT molecular complexity index is 823. The molecule has 0 aromatic heterocycles. The van der Waals surface area contributed by atoms with Gasteiger partial charge in [0.25, 0.3) is 10.0 Å². The third-order valence-corrected chi connectivity index (χ3v) is 5.02. The van der Waals surface area contributed by atoms with Crippen LogP contribution in [0.1, 0.15) is 12.5 Å². The second-order valence-corrected chi connectivity index (χ2v) is 7.46. The zero-order valence-electron chi connectivity index (χ0n) is 13.2. The lowest BCUT2D eigenvalue weighted by molar-refractivity contribution is 0.309. The topological polar surface area (TPSA) is 77.0 Å². The molecule has 2 aromatic rings. The zero-order chi connectivity index (χ0) is 17.6. The van der Waals surface area contributed by atoms with Gasteiger partial charge in [0.15, 0.2) is 11.5 Å². The fourth-order valence-corrected chi connectivity index (χ4v) is 3.60. The van der Waals surface area contributed by atoms with E-state index in [0.717, 1.165) is 3.57 Å². The number of nitrogens with zero attached hydrogens (tertiary/aromatic N) is 1. The van der Waals surface area contributed by atoms with Gasteiger partial charge in [-0.2, -0.15) is 13.5 Å². The lowest BCUT2D eigenvalue weighted by Gasteiger charge is -2.11. The Hall–Kier alpha value is -1.81. The first-order valence-corrected chi connectivity index (χ1v) is 9.64. The van der Waals surface area contributed by atoms with Crippen LogP contribution in [0.25, 0.3) is 0 Å². The SMILES string of the molecule is CCOc1cc(/C=N\NS(=O)(=O)c2ccccc2)cc(I)c1OC. The Labute approximate surface area is 155 Å². The number of methoxy groups -OCH3 is 1. The van der Waals surface area contributed by atoms with Gasteiger partial charge in [0.05, 0.1) is 28.4 Å². The summed E-state index contributed by atoms with van der Waals surface area (Å²) in [4.78, 5) is 2.34. The van der Waals surface area contributed by atoms with Crippen LogP contribution in [0.15, 0.2) is 52.5 Å². The quantitative estimate of drug-likeness (QED) is 0.392. The highest BCUT2D eigenvalue weighted by molar-refractivity contribution is 14.1. The van der Waals surface area contributed by atoms with Gasteiger partial charge in [0.1, 0.15) is 0 Å². The normalized spacial score (nSPS) is 11.5. The molecule has 0 atom stereocenters. The van der Waals surface area contributed by atoms with E-state index in [1.54, 1.807) is 31.4 Å². The second kappa shape index (κ2) is 8.34. The van der Waals surface area contributed by atoms with E-state index in [0.29, 0.717) is 23.7 Å². The number of rotatable bonds is 7. The summed E-state index contributed by atoms with van der Waals surface area (Å²) < 4.78 is 35.9. The van der Waals surface area contributed by atoms with Crippen LogP contribution in [-0.2, 0) is 10.0 Å². The third-order valence-electron chi connectivity index (χ3n) is 2.98. The third kappa shape index (κ3) is 4.60. The number of sulfonamides is 1. The molecule has 8 heteroatoms. The summed E-state index contributed by atoms with van der Waals surface area (Å²) in [6.07, 6.45) is 1.42. The van der Waals surface area contributed by atoms with Crippen LogP contribution in [0.2, 0.25) is 0 Å². The number of hydrogen-bond acceptors (Lipinski definition) is 5. The highest BCUT2D eigenvalue weighted by atomic mass is 127. The van der Waals surface area contributed by atoms with Crippen molar-refractivity contribution in [3.8, 4) is 11.5 Å². The lowest BCUT2D eigenvalue weighted by Crippen LogP contribution is -2.18. The van der Waals surface area contributed by atoms with Crippen LogP contribution in [-0.4, -0.2) is 28.3 Å². The maximum Gasteiger partial charge on any atom is 0.276 e. The molecule has 0 saturated carbocycles. The van der Waals surface area contributed by atoms with Crippen LogP contribution >= 0.6 is 22.6 Å². The Morgan fingerprint density at radius 1 is 1.25 bits per heavy atom. The summed E-state index contributed by atoms with van der Waals surface area (Å²) in [5, 5.41) is 3.82. The number of ether oxygens (including phenoxy) is 2. The van der Waals surface area contributed by atoms with Crippen molar-refractivity contribution in [2.75, 3.05) is 13.7 Å². The largest absolute Gasteiger partial charge is 0.492 e. The van der Waals surface area contributed by atoms with Crippen molar-refractivity contribution in [1.29, 1.82) is 0 Å². The second-order valence-electron chi connectivity index (χ2n) is 4.63. The average molecular weight is 460 g/mol. The lowest BCUT2D eigenvalue weighted by atomic mass is 10.2. The Morgan fingerprint density at radius 2 is 1.96 bits per heavy atom. The first-order valence-electron chi connectivity index (χ1n) is 7.08. The van der Waals surface area contributed by atoms with Crippen molar-refractivity contribution >= 4 is 38.8 Å². The van der Waals surface area contributed by atoms with Gasteiger partial charge >= 0.3 is 0 Å². The molecule has 6 nitrogen and oxygen atoms in total. The molecule has 0 heterocycles. The van der Waals surface area contributed by atoms with Gasteiger partial charge in [-0.15, -0.1) is 0 Å². The predicted octanol–water partition coefficient (Wildman–Crippen LogP) is 3.01. The van der Waals surface area contributed by atoms with Crippen LogP contribution in [0, 0.1) is 3.57 Å². The van der Waals surface area contributed by atoms with Crippen molar-refractivity contribution in [1.82, 2.24) is 4.83 Å². The van der Waals surface area contributed by atoms with Gasteiger partial charge in [-0.3, -0.25) is 0 Å². The standard InChI is InChI=1S/C16H17IN2O4S/c1-3-23-15-10-12(9-14(17)16(15)22-2)11-18-19-24(20,21)13-7-5-4-6-8-13/h4-11,19H,3H2,1-2H3/b18-11-. The van der Waals surface area contributed by atoms with Gasteiger partial charge in [0, 0.05) is 0 Å². The minimum Gasteiger partial charge on any atom is -0.492 e. The highest BCUT2D eigenvalue weighted by Gasteiger charge is 2.12. The summed E-state index contributed by atoms with van der Waals surface area (Å²) >= 11 is 2.12. The number of nitrogens with one attached hydrogen (secondary N) is 1. The van der Waals surface area contributed by atoms with Crippen molar-refractivity contribution in [3.05, 3.63) is 51.6 Å². The van der Waals surface area contributed by atoms with Gasteiger partial charge in [0.2, 0.25) is 0 Å². The molecule has 0 radical (unpaired) electrons. The summed E-state index contributed by atoms with van der Waals surface area (Å²) in [5.74, 6) is 1.22. The molecule has 128 valence electrons. The first kappa shape index (κ1) is 18.5. The summed E-state index contributed by atoms with van der Waals surface area (Å²) in [7, 11) is -2.11. The summed E-state index contributed by atoms with van der Waals surface area (Å²) in [6.45, 7) is 2.37. The van der Waals surface area contributed by atoms with Crippen LogP contribution in [0.5, 0.6) is 11.5 Å². The van der Waals surface area contributed by atoms with Crippen LogP contribution in [0.4, 0.5) is 0 Å². The predicted molar refractivity (Wildman–Crippen MR) is 101 cm³/mol. The number of halogens is 1. The summed E-state index contributed by atoms with van der Waals surface area (Å²) in [5.41, 5.74) is 0.694. The van der Waals surface area contributed by atoms with Gasteiger partial charge in [-0.05, 0) is 59.3 Å². The smallest absolute Gasteiger partial charge is 0.276 e. The van der Waals surface area contributed by atoms with Crippen molar-refractivity contribution < 1.29 is 17.9 Å². The van der Waals surface area contributed by atoms with Crippen LogP contribution < -0.4 is 14.3 Å². The molecule has 0 aliphatic carbocycles. The van der Waals surface area contributed by atoms with E-state index in [9.17, 15) is 8.42 Å². The van der Waals surface area contributed by atoms with E-state index in [-0.39, 0.29) is 4.90 Å². The highest BCUT2D eigenvalue weighted by Crippen LogP contribution is 2.33. The van der Waals surface area contributed by atoms with E-state index < -0.39 is 10.0 Å². The molecule has 0 fully saturated rings. The Morgan fingerprint density at radius 3 is 2.58 bits per heavy atom. The minimum atomic E-state index is -3.68. The molecule has 2 aromatic carbocycles. The summed E-state index contributed by atoms with van der Waals surface area (Å²) in [6, 6.07) is 11.6. The molecule has 24 heavy (non-hydrogen) atoms. The number of benzene rings is 2. The van der Waals surface area contributed by atoms with Gasteiger partial charge in [-0.1, -0.05) is 18.2 Å². The Kier molecular flexibility index (Phi) is 6.44.